The second-order valence-corrected chi connectivity index (χ2v) is 6.60. The van der Waals surface area contributed by atoms with Gasteiger partial charge in [-0.2, -0.15) is 0 Å². The lowest BCUT2D eigenvalue weighted by Gasteiger charge is -2.25. The molecule has 0 saturated heterocycles. The van der Waals surface area contributed by atoms with Crippen molar-refractivity contribution in [1.82, 2.24) is 15.2 Å². The quantitative estimate of drug-likeness (QED) is 0.842. The predicted octanol–water partition coefficient (Wildman–Crippen LogP) is 2.64. The third-order valence-corrected chi connectivity index (χ3v) is 4.69. The van der Waals surface area contributed by atoms with Crippen LogP contribution in [-0.2, 0) is 11.2 Å². The Hall–Kier alpha value is -1.42. The lowest BCUT2D eigenvalue weighted by molar-refractivity contribution is -0.122. The Bertz CT molecular complexity index is 443. The molecule has 0 bridgehead atoms. The van der Waals surface area contributed by atoms with E-state index >= 15 is 0 Å². The van der Waals surface area contributed by atoms with Gasteiger partial charge in [-0.1, -0.05) is 25.3 Å². The zero-order chi connectivity index (χ0) is 15.8. The van der Waals surface area contributed by atoms with Gasteiger partial charge in [0, 0.05) is 30.9 Å². The Morgan fingerprint density at radius 1 is 1.36 bits per heavy atom. The highest BCUT2D eigenvalue weighted by atomic mass is 16.2. The number of hydrogen-bond acceptors (Lipinski definition) is 3. The number of likely N-dealkylation sites (N-methyl/N-ethyl adjacent to an activating group) is 1. The summed E-state index contributed by atoms with van der Waals surface area (Å²) in [6, 6.07) is 6.27. The number of carbonyl (C=O) groups is 1. The van der Waals surface area contributed by atoms with Crippen molar-refractivity contribution in [3.8, 4) is 0 Å². The zero-order valence-electron chi connectivity index (χ0n) is 13.9. The Balaban J connectivity index is 1.68. The van der Waals surface area contributed by atoms with Gasteiger partial charge in [0.25, 0.3) is 0 Å². The second-order valence-electron chi connectivity index (χ2n) is 6.60. The van der Waals surface area contributed by atoms with Gasteiger partial charge in [0.15, 0.2) is 0 Å². The summed E-state index contributed by atoms with van der Waals surface area (Å²) in [6.45, 7) is 3.45. The van der Waals surface area contributed by atoms with E-state index in [1.54, 1.807) is 0 Å². The van der Waals surface area contributed by atoms with E-state index in [2.05, 4.69) is 22.1 Å². The fourth-order valence-corrected chi connectivity index (χ4v) is 3.07. The Morgan fingerprint density at radius 3 is 2.82 bits per heavy atom. The zero-order valence-corrected chi connectivity index (χ0v) is 13.9. The monoisotopic (exact) mass is 303 g/mol. The van der Waals surface area contributed by atoms with E-state index in [1.165, 1.54) is 32.1 Å². The Kier molecular flexibility index (Phi) is 6.84. The Morgan fingerprint density at radius 2 is 2.14 bits per heavy atom. The number of carbonyl (C=O) groups excluding carboxylic acids is 1. The fraction of sp³-hybridized carbons (Fsp3) is 0.667. The first kappa shape index (κ1) is 16.9. The minimum atomic E-state index is 0.140. The molecule has 1 amide bonds. The molecule has 0 spiro atoms. The molecular weight excluding hydrogens is 274 g/mol. The first-order valence-corrected chi connectivity index (χ1v) is 8.52. The van der Waals surface area contributed by atoms with Crippen LogP contribution in [0.15, 0.2) is 24.4 Å². The van der Waals surface area contributed by atoms with Crippen LogP contribution in [0.2, 0.25) is 0 Å². The smallest absolute Gasteiger partial charge is 0.234 e. The molecule has 2 rings (SSSR count). The normalized spacial score (nSPS) is 17.4. The van der Waals surface area contributed by atoms with E-state index in [4.69, 9.17) is 0 Å². The summed E-state index contributed by atoms with van der Waals surface area (Å²) >= 11 is 0. The average molecular weight is 303 g/mol. The minimum Gasteiger partial charge on any atom is -0.355 e. The van der Waals surface area contributed by atoms with Gasteiger partial charge in [-0.15, -0.1) is 0 Å². The van der Waals surface area contributed by atoms with Crippen LogP contribution in [0, 0.1) is 5.92 Å². The number of aromatic nitrogens is 1. The summed E-state index contributed by atoms with van der Waals surface area (Å²) in [4.78, 5) is 18.5. The summed E-state index contributed by atoms with van der Waals surface area (Å²) in [6.07, 6.45) is 9.23. The van der Waals surface area contributed by atoms with Gasteiger partial charge >= 0.3 is 0 Å². The van der Waals surface area contributed by atoms with E-state index in [9.17, 15) is 4.79 Å². The fourth-order valence-electron chi connectivity index (χ4n) is 3.07. The summed E-state index contributed by atoms with van der Waals surface area (Å²) in [5, 5.41) is 3.11. The molecule has 1 aromatic rings. The summed E-state index contributed by atoms with van der Waals surface area (Å²) in [7, 11) is 2.01. The van der Waals surface area contributed by atoms with Gasteiger partial charge in [-0.3, -0.25) is 14.7 Å². The highest BCUT2D eigenvalue weighted by molar-refractivity contribution is 5.78. The largest absolute Gasteiger partial charge is 0.355 e. The molecular formula is C18H29N3O. The van der Waals surface area contributed by atoms with E-state index in [1.807, 2.05) is 31.4 Å². The maximum atomic E-state index is 12.1. The summed E-state index contributed by atoms with van der Waals surface area (Å²) in [5.74, 6) is 0.829. The molecule has 1 fully saturated rings. The van der Waals surface area contributed by atoms with Crippen LogP contribution in [0.4, 0.5) is 0 Å². The van der Waals surface area contributed by atoms with Crippen molar-refractivity contribution in [2.24, 2.45) is 5.92 Å². The standard InChI is InChI=1S/C18H29N3O/c1-15(12-17-10-6-7-11-19-17)21(2)14-18(22)20-13-16-8-4-3-5-9-16/h6-7,10-11,15-16H,3-5,8-9,12-14H2,1-2H3,(H,20,22)/t15-/m1/s1. The van der Waals surface area contributed by atoms with Crippen LogP contribution < -0.4 is 5.32 Å². The van der Waals surface area contributed by atoms with Gasteiger partial charge in [0.1, 0.15) is 0 Å². The number of rotatable bonds is 7. The Labute approximate surface area is 134 Å². The molecule has 1 aliphatic rings. The van der Waals surface area contributed by atoms with E-state index < -0.39 is 0 Å². The van der Waals surface area contributed by atoms with Crippen LogP contribution in [0.3, 0.4) is 0 Å². The lowest BCUT2D eigenvalue weighted by Crippen LogP contribution is -2.41. The van der Waals surface area contributed by atoms with Crippen molar-refractivity contribution in [3.63, 3.8) is 0 Å². The van der Waals surface area contributed by atoms with Crippen molar-refractivity contribution in [1.29, 1.82) is 0 Å². The van der Waals surface area contributed by atoms with Gasteiger partial charge in [0.05, 0.1) is 6.54 Å². The van der Waals surface area contributed by atoms with Gasteiger partial charge in [-0.05, 0) is 44.9 Å². The van der Waals surface area contributed by atoms with Crippen molar-refractivity contribution < 1.29 is 4.79 Å². The molecule has 122 valence electrons. The molecule has 1 heterocycles. The van der Waals surface area contributed by atoms with Crippen LogP contribution in [0.25, 0.3) is 0 Å². The van der Waals surface area contributed by atoms with Crippen LogP contribution in [-0.4, -0.2) is 42.0 Å². The summed E-state index contributed by atoms with van der Waals surface area (Å²) in [5.41, 5.74) is 1.07. The van der Waals surface area contributed by atoms with E-state index in [-0.39, 0.29) is 5.91 Å². The molecule has 1 saturated carbocycles. The molecule has 0 aliphatic heterocycles. The minimum absolute atomic E-state index is 0.140. The molecule has 22 heavy (non-hydrogen) atoms. The average Bonchev–Trinajstić information content (AvgIpc) is 2.55. The maximum Gasteiger partial charge on any atom is 0.234 e. The van der Waals surface area contributed by atoms with E-state index in [0.29, 0.717) is 18.5 Å². The van der Waals surface area contributed by atoms with Crippen LogP contribution in [0.1, 0.15) is 44.7 Å². The van der Waals surface area contributed by atoms with Crippen molar-refractivity contribution in [2.45, 2.75) is 51.5 Å². The number of nitrogens with one attached hydrogen (secondary N) is 1. The van der Waals surface area contributed by atoms with Crippen LogP contribution in [0.5, 0.6) is 0 Å². The molecule has 1 aliphatic carbocycles. The third-order valence-electron chi connectivity index (χ3n) is 4.69. The first-order valence-electron chi connectivity index (χ1n) is 8.52. The first-order chi connectivity index (χ1) is 10.6. The molecule has 0 radical (unpaired) electrons. The lowest BCUT2D eigenvalue weighted by atomic mass is 9.89. The number of pyridine rings is 1. The predicted molar refractivity (Wildman–Crippen MR) is 89.6 cm³/mol. The molecule has 0 aromatic carbocycles. The van der Waals surface area contributed by atoms with Crippen LogP contribution >= 0.6 is 0 Å². The van der Waals surface area contributed by atoms with Crippen molar-refractivity contribution >= 4 is 5.91 Å². The number of nitrogens with zero attached hydrogens (tertiary/aromatic N) is 2. The summed E-state index contributed by atoms with van der Waals surface area (Å²) < 4.78 is 0. The molecule has 1 atom stereocenters. The van der Waals surface area contributed by atoms with Crippen molar-refractivity contribution in [2.75, 3.05) is 20.1 Å². The molecule has 1 aromatic heterocycles. The van der Waals surface area contributed by atoms with Gasteiger partial charge < -0.3 is 5.32 Å². The number of amides is 1. The molecule has 0 unspecified atom stereocenters. The SMILES string of the molecule is C[C@H](Cc1ccccn1)N(C)CC(=O)NCC1CCCCC1. The van der Waals surface area contributed by atoms with Gasteiger partial charge in [-0.25, -0.2) is 0 Å². The van der Waals surface area contributed by atoms with Gasteiger partial charge in [0.2, 0.25) is 5.91 Å². The number of hydrogen-bond donors (Lipinski definition) is 1. The van der Waals surface area contributed by atoms with E-state index in [0.717, 1.165) is 18.7 Å². The topological polar surface area (TPSA) is 45.2 Å². The maximum absolute atomic E-state index is 12.1. The second kappa shape index (κ2) is 8.89. The highest BCUT2D eigenvalue weighted by Gasteiger charge is 2.17. The molecule has 4 nitrogen and oxygen atoms in total. The highest BCUT2D eigenvalue weighted by Crippen LogP contribution is 2.22. The van der Waals surface area contributed by atoms with Crippen molar-refractivity contribution in [3.05, 3.63) is 30.1 Å². The molecule has 4 heteroatoms. The molecule has 1 N–H and O–H groups in total. The third kappa shape index (κ3) is 5.76.